The van der Waals surface area contributed by atoms with Crippen LogP contribution in [0.4, 0.5) is 0 Å². The van der Waals surface area contributed by atoms with Gasteiger partial charge >= 0.3 is 0 Å². The molecule has 1 saturated carbocycles. The van der Waals surface area contributed by atoms with Crippen LogP contribution in [0.1, 0.15) is 32.1 Å². The first kappa shape index (κ1) is 20.6. The van der Waals surface area contributed by atoms with Crippen molar-refractivity contribution >= 4 is 29.1 Å². The SMILES string of the molecule is Cl.O=C(CCn1[nH]c(=O)c2ccccc2c1=O)N1CCC(NCC2CC2)CC1. The van der Waals surface area contributed by atoms with Crippen molar-refractivity contribution in [3.63, 3.8) is 0 Å². The number of amides is 1. The number of nitrogens with one attached hydrogen (secondary N) is 2. The Morgan fingerprint density at radius 2 is 1.75 bits per heavy atom. The third-order valence-electron chi connectivity index (χ3n) is 5.67. The number of carbonyl (C=O) groups excluding carboxylic acids is 1. The molecule has 8 heteroatoms. The number of hydrogen-bond acceptors (Lipinski definition) is 4. The molecule has 1 aliphatic carbocycles. The molecule has 2 heterocycles. The Hall–Kier alpha value is -2.12. The Morgan fingerprint density at radius 3 is 2.43 bits per heavy atom. The van der Waals surface area contributed by atoms with Crippen molar-refractivity contribution in [2.45, 2.75) is 44.7 Å². The molecule has 1 aromatic carbocycles. The van der Waals surface area contributed by atoms with Gasteiger partial charge in [0.2, 0.25) is 5.91 Å². The number of aromatic amines is 1. The van der Waals surface area contributed by atoms with Crippen molar-refractivity contribution in [1.82, 2.24) is 20.0 Å². The van der Waals surface area contributed by atoms with E-state index in [-0.39, 0.29) is 42.4 Å². The lowest BCUT2D eigenvalue weighted by Gasteiger charge is -2.32. The van der Waals surface area contributed by atoms with E-state index in [4.69, 9.17) is 0 Å². The van der Waals surface area contributed by atoms with Gasteiger partial charge in [-0.25, -0.2) is 4.68 Å². The van der Waals surface area contributed by atoms with Crippen LogP contribution in [0.3, 0.4) is 0 Å². The van der Waals surface area contributed by atoms with E-state index in [2.05, 4.69) is 10.4 Å². The molecule has 0 unspecified atom stereocenters. The number of piperidine rings is 1. The fourth-order valence-corrected chi connectivity index (χ4v) is 3.76. The van der Waals surface area contributed by atoms with Crippen LogP contribution in [-0.4, -0.2) is 46.3 Å². The van der Waals surface area contributed by atoms with Crippen LogP contribution < -0.4 is 16.4 Å². The molecular formula is C20H27ClN4O3. The van der Waals surface area contributed by atoms with Crippen LogP contribution in [-0.2, 0) is 11.3 Å². The average Bonchev–Trinajstić information content (AvgIpc) is 3.53. The average molecular weight is 407 g/mol. The highest BCUT2D eigenvalue weighted by atomic mass is 35.5. The molecule has 1 saturated heterocycles. The van der Waals surface area contributed by atoms with E-state index in [1.165, 1.54) is 17.5 Å². The van der Waals surface area contributed by atoms with Gasteiger partial charge in [-0.3, -0.25) is 19.5 Å². The maximum Gasteiger partial charge on any atom is 0.273 e. The predicted octanol–water partition coefficient (Wildman–Crippen LogP) is 1.49. The van der Waals surface area contributed by atoms with Gasteiger partial charge < -0.3 is 10.2 Å². The first-order chi connectivity index (χ1) is 13.1. The van der Waals surface area contributed by atoms with Gasteiger partial charge in [0, 0.05) is 25.6 Å². The molecular weight excluding hydrogens is 380 g/mol. The largest absolute Gasteiger partial charge is 0.343 e. The van der Waals surface area contributed by atoms with Gasteiger partial charge in [-0.2, -0.15) is 0 Å². The summed E-state index contributed by atoms with van der Waals surface area (Å²) < 4.78 is 1.26. The van der Waals surface area contributed by atoms with Crippen molar-refractivity contribution in [3.8, 4) is 0 Å². The molecule has 0 spiro atoms. The molecule has 2 aromatic rings. The molecule has 0 bridgehead atoms. The van der Waals surface area contributed by atoms with Crippen molar-refractivity contribution in [2.24, 2.45) is 5.92 Å². The molecule has 0 radical (unpaired) electrons. The van der Waals surface area contributed by atoms with Gasteiger partial charge in [0.15, 0.2) is 0 Å². The van der Waals surface area contributed by atoms with E-state index in [0.29, 0.717) is 16.8 Å². The number of aromatic nitrogens is 2. The summed E-state index contributed by atoms with van der Waals surface area (Å²) in [5, 5.41) is 6.96. The number of nitrogens with zero attached hydrogens (tertiary/aromatic N) is 2. The molecule has 28 heavy (non-hydrogen) atoms. The monoisotopic (exact) mass is 406 g/mol. The Balaban J connectivity index is 0.00000225. The summed E-state index contributed by atoms with van der Waals surface area (Å²) in [4.78, 5) is 39.0. The number of rotatable bonds is 6. The van der Waals surface area contributed by atoms with Crippen molar-refractivity contribution in [1.29, 1.82) is 0 Å². The first-order valence-corrected chi connectivity index (χ1v) is 9.85. The maximum absolute atomic E-state index is 12.5. The van der Waals surface area contributed by atoms with E-state index in [1.807, 2.05) is 4.90 Å². The summed E-state index contributed by atoms with van der Waals surface area (Å²) in [6.45, 7) is 2.81. The highest BCUT2D eigenvalue weighted by Crippen LogP contribution is 2.28. The second-order valence-electron chi connectivity index (χ2n) is 7.70. The highest BCUT2D eigenvalue weighted by Gasteiger charge is 2.25. The van der Waals surface area contributed by atoms with Crippen molar-refractivity contribution < 1.29 is 4.79 Å². The van der Waals surface area contributed by atoms with Gasteiger partial charge in [-0.05, 0) is 50.3 Å². The minimum absolute atomic E-state index is 0. The number of likely N-dealkylation sites (tertiary alicyclic amines) is 1. The zero-order valence-electron chi connectivity index (χ0n) is 15.9. The lowest BCUT2D eigenvalue weighted by atomic mass is 10.0. The van der Waals surface area contributed by atoms with Gasteiger partial charge in [0.05, 0.1) is 17.3 Å². The minimum Gasteiger partial charge on any atom is -0.343 e. The van der Waals surface area contributed by atoms with E-state index < -0.39 is 0 Å². The van der Waals surface area contributed by atoms with E-state index in [9.17, 15) is 14.4 Å². The van der Waals surface area contributed by atoms with Gasteiger partial charge in [0.25, 0.3) is 11.1 Å². The van der Waals surface area contributed by atoms with Crippen LogP contribution in [0.15, 0.2) is 33.9 Å². The highest BCUT2D eigenvalue weighted by molar-refractivity contribution is 5.85. The Bertz CT molecular complexity index is 942. The fraction of sp³-hybridized carbons (Fsp3) is 0.550. The summed E-state index contributed by atoms with van der Waals surface area (Å²) in [6, 6.07) is 7.25. The molecule has 152 valence electrons. The van der Waals surface area contributed by atoms with E-state index in [1.54, 1.807) is 24.3 Å². The third kappa shape index (κ3) is 4.64. The van der Waals surface area contributed by atoms with Crippen LogP contribution in [0.25, 0.3) is 10.8 Å². The second kappa shape index (κ2) is 8.92. The summed E-state index contributed by atoms with van der Waals surface area (Å²) in [5.74, 6) is 0.906. The van der Waals surface area contributed by atoms with E-state index >= 15 is 0 Å². The summed E-state index contributed by atoms with van der Waals surface area (Å²) in [6.07, 6.45) is 4.87. The van der Waals surface area contributed by atoms with Gasteiger partial charge in [0.1, 0.15) is 0 Å². The van der Waals surface area contributed by atoms with Gasteiger partial charge in [-0.15, -0.1) is 12.4 Å². The van der Waals surface area contributed by atoms with Crippen LogP contribution in [0.2, 0.25) is 0 Å². The standard InChI is InChI=1S/C20H26N4O3.ClH/c25-18(23-10-7-15(8-11-23)21-13-14-5-6-14)9-12-24-20(27)17-4-2-1-3-16(17)19(26)22-24;/h1-4,14-15,21H,5-13H2,(H,22,26);1H. The molecule has 2 N–H and O–H groups in total. The molecule has 1 amide bonds. The maximum atomic E-state index is 12.5. The van der Waals surface area contributed by atoms with Crippen LogP contribution >= 0.6 is 12.4 Å². The third-order valence-corrected chi connectivity index (χ3v) is 5.67. The Kier molecular flexibility index (Phi) is 6.57. The van der Waals surface area contributed by atoms with Crippen LogP contribution in [0.5, 0.6) is 0 Å². The second-order valence-corrected chi connectivity index (χ2v) is 7.70. The quantitative estimate of drug-likeness (QED) is 0.760. The summed E-state index contributed by atoms with van der Waals surface area (Å²) in [5.41, 5.74) is -0.568. The smallest absolute Gasteiger partial charge is 0.273 e. The number of carbonyl (C=O) groups is 1. The van der Waals surface area contributed by atoms with Gasteiger partial charge in [-0.1, -0.05) is 12.1 Å². The van der Waals surface area contributed by atoms with Crippen LogP contribution in [0, 0.1) is 5.92 Å². The molecule has 2 fully saturated rings. The van der Waals surface area contributed by atoms with Crippen molar-refractivity contribution in [2.75, 3.05) is 19.6 Å². The first-order valence-electron chi connectivity index (χ1n) is 9.85. The number of halogens is 1. The Labute approximate surface area is 169 Å². The van der Waals surface area contributed by atoms with E-state index in [0.717, 1.165) is 38.4 Å². The summed E-state index contributed by atoms with van der Waals surface area (Å²) in [7, 11) is 0. The number of fused-ring (bicyclic) bond motifs is 1. The number of H-pyrrole nitrogens is 1. The minimum atomic E-state index is -0.305. The molecule has 1 aromatic heterocycles. The summed E-state index contributed by atoms with van der Waals surface area (Å²) >= 11 is 0. The molecule has 0 atom stereocenters. The topological polar surface area (TPSA) is 87.2 Å². The van der Waals surface area contributed by atoms with Crippen molar-refractivity contribution in [3.05, 3.63) is 45.0 Å². The molecule has 7 nitrogen and oxygen atoms in total. The number of benzene rings is 1. The zero-order valence-corrected chi connectivity index (χ0v) is 16.7. The normalized spacial score (nSPS) is 17.5. The molecule has 2 aliphatic rings. The predicted molar refractivity (Wildman–Crippen MR) is 111 cm³/mol. The lowest BCUT2D eigenvalue weighted by Crippen LogP contribution is -2.45. The molecule has 1 aliphatic heterocycles. The Morgan fingerprint density at radius 1 is 1.07 bits per heavy atom. The number of hydrogen-bond donors (Lipinski definition) is 2. The zero-order chi connectivity index (χ0) is 18.8. The fourth-order valence-electron chi connectivity index (χ4n) is 3.76. The number of aryl methyl sites for hydroxylation is 1. The lowest BCUT2D eigenvalue weighted by molar-refractivity contribution is -0.132. The molecule has 4 rings (SSSR count).